The number of carbonyl (C=O) groups excluding carboxylic acids is 1. The zero-order valence-electron chi connectivity index (χ0n) is 12.1. The van der Waals surface area contributed by atoms with Crippen LogP contribution in [0, 0.1) is 12.7 Å². The number of hydrogen-bond acceptors (Lipinski definition) is 2. The van der Waals surface area contributed by atoms with Crippen molar-refractivity contribution in [1.29, 1.82) is 0 Å². The van der Waals surface area contributed by atoms with Crippen molar-refractivity contribution in [3.8, 4) is 11.3 Å². The first-order chi connectivity index (χ1) is 10.6. The van der Waals surface area contributed by atoms with E-state index in [0.717, 1.165) is 16.8 Å². The fourth-order valence-corrected chi connectivity index (χ4v) is 2.36. The van der Waals surface area contributed by atoms with E-state index in [1.165, 1.54) is 12.1 Å². The standard InChI is InChI=1S/C19H14FNO/c1-13-11-16(20)8-9-17(13)18-10-7-15(12-21-18)19(22)14-5-3-2-4-6-14/h2-12H,1H3. The number of carbonyl (C=O) groups is 1. The first kappa shape index (κ1) is 14.1. The van der Waals surface area contributed by atoms with Crippen LogP contribution in [0.25, 0.3) is 11.3 Å². The summed E-state index contributed by atoms with van der Waals surface area (Å²) in [5.74, 6) is -0.326. The van der Waals surface area contributed by atoms with Gasteiger partial charge in [0.2, 0.25) is 0 Å². The highest BCUT2D eigenvalue weighted by molar-refractivity contribution is 6.08. The quantitative estimate of drug-likeness (QED) is 0.668. The van der Waals surface area contributed by atoms with Crippen molar-refractivity contribution in [1.82, 2.24) is 4.98 Å². The van der Waals surface area contributed by atoms with Crippen LogP contribution in [0.1, 0.15) is 21.5 Å². The van der Waals surface area contributed by atoms with E-state index in [4.69, 9.17) is 0 Å². The molecule has 22 heavy (non-hydrogen) atoms. The minimum absolute atomic E-state index is 0.0597. The molecule has 2 aromatic carbocycles. The summed E-state index contributed by atoms with van der Waals surface area (Å²) >= 11 is 0. The maximum atomic E-state index is 13.2. The predicted octanol–water partition coefficient (Wildman–Crippen LogP) is 4.43. The number of halogens is 1. The molecule has 0 aliphatic heterocycles. The Morgan fingerprint density at radius 1 is 0.955 bits per heavy atom. The minimum Gasteiger partial charge on any atom is -0.289 e. The third-order valence-electron chi connectivity index (χ3n) is 3.53. The first-order valence-electron chi connectivity index (χ1n) is 6.97. The number of hydrogen-bond donors (Lipinski definition) is 0. The fraction of sp³-hybridized carbons (Fsp3) is 0.0526. The molecule has 0 aliphatic rings. The van der Waals surface area contributed by atoms with E-state index < -0.39 is 0 Å². The summed E-state index contributed by atoms with van der Waals surface area (Å²) in [6.07, 6.45) is 1.56. The van der Waals surface area contributed by atoms with Crippen LogP contribution in [0.2, 0.25) is 0 Å². The molecule has 0 spiro atoms. The van der Waals surface area contributed by atoms with Crippen LogP contribution >= 0.6 is 0 Å². The summed E-state index contributed by atoms with van der Waals surface area (Å²) in [5.41, 5.74) is 3.57. The second kappa shape index (κ2) is 5.90. The average molecular weight is 291 g/mol. The minimum atomic E-state index is -0.267. The lowest BCUT2D eigenvalue weighted by Crippen LogP contribution is -2.01. The number of ketones is 1. The van der Waals surface area contributed by atoms with Crippen LogP contribution in [-0.2, 0) is 0 Å². The average Bonchev–Trinajstić information content (AvgIpc) is 2.55. The van der Waals surface area contributed by atoms with Crippen molar-refractivity contribution in [2.45, 2.75) is 6.92 Å². The second-order valence-corrected chi connectivity index (χ2v) is 5.09. The predicted molar refractivity (Wildman–Crippen MR) is 84.2 cm³/mol. The molecule has 3 rings (SSSR count). The van der Waals surface area contributed by atoms with E-state index in [2.05, 4.69) is 4.98 Å². The van der Waals surface area contributed by atoms with E-state index in [1.54, 1.807) is 36.5 Å². The summed E-state index contributed by atoms with van der Waals surface area (Å²) < 4.78 is 13.2. The summed E-state index contributed by atoms with van der Waals surface area (Å²) in [6.45, 7) is 1.84. The van der Waals surface area contributed by atoms with Gasteiger partial charge in [0.25, 0.3) is 0 Å². The van der Waals surface area contributed by atoms with Gasteiger partial charge in [0, 0.05) is 22.9 Å². The van der Waals surface area contributed by atoms with Crippen LogP contribution in [0.4, 0.5) is 4.39 Å². The lowest BCUT2D eigenvalue weighted by molar-refractivity contribution is 0.103. The zero-order valence-corrected chi connectivity index (χ0v) is 12.1. The normalized spacial score (nSPS) is 10.5. The number of aromatic nitrogens is 1. The summed E-state index contributed by atoms with van der Waals surface area (Å²) in [4.78, 5) is 16.7. The zero-order chi connectivity index (χ0) is 15.5. The molecule has 0 unspecified atom stereocenters. The monoisotopic (exact) mass is 291 g/mol. The maximum absolute atomic E-state index is 13.2. The molecule has 0 saturated carbocycles. The number of benzene rings is 2. The molecule has 108 valence electrons. The van der Waals surface area contributed by atoms with Gasteiger partial charge in [-0.15, -0.1) is 0 Å². The van der Waals surface area contributed by atoms with E-state index >= 15 is 0 Å². The Bertz CT molecular complexity index is 811. The van der Waals surface area contributed by atoms with Gasteiger partial charge in [-0.3, -0.25) is 9.78 Å². The highest BCUT2D eigenvalue weighted by Crippen LogP contribution is 2.22. The lowest BCUT2D eigenvalue weighted by Gasteiger charge is -2.06. The van der Waals surface area contributed by atoms with Crippen molar-refractivity contribution >= 4 is 5.78 Å². The van der Waals surface area contributed by atoms with Gasteiger partial charge in [0.1, 0.15) is 5.82 Å². The Morgan fingerprint density at radius 3 is 2.36 bits per heavy atom. The number of aryl methyl sites for hydroxylation is 1. The fourth-order valence-electron chi connectivity index (χ4n) is 2.36. The molecule has 0 bridgehead atoms. The smallest absolute Gasteiger partial charge is 0.194 e. The molecule has 0 radical (unpaired) electrons. The first-order valence-corrected chi connectivity index (χ1v) is 6.97. The highest BCUT2D eigenvalue weighted by Gasteiger charge is 2.10. The molecule has 1 heterocycles. The summed E-state index contributed by atoms with van der Waals surface area (Å²) in [7, 11) is 0. The van der Waals surface area contributed by atoms with Crippen LogP contribution < -0.4 is 0 Å². The lowest BCUT2D eigenvalue weighted by atomic mass is 10.0. The van der Waals surface area contributed by atoms with Crippen LogP contribution in [0.15, 0.2) is 66.9 Å². The van der Waals surface area contributed by atoms with Gasteiger partial charge in [0.15, 0.2) is 5.78 Å². The van der Waals surface area contributed by atoms with Crippen molar-refractivity contribution in [2.75, 3.05) is 0 Å². The number of rotatable bonds is 3. The molecule has 3 heteroatoms. The van der Waals surface area contributed by atoms with Crippen LogP contribution in [-0.4, -0.2) is 10.8 Å². The molecule has 0 fully saturated rings. The molecule has 0 amide bonds. The SMILES string of the molecule is Cc1cc(F)ccc1-c1ccc(C(=O)c2ccccc2)cn1. The number of nitrogens with zero attached hydrogens (tertiary/aromatic N) is 1. The third-order valence-corrected chi connectivity index (χ3v) is 3.53. The molecule has 3 aromatic rings. The highest BCUT2D eigenvalue weighted by atomic mass is 19.1. The Hall–Kier alpha value is -2.81. The van der Waals surface area contributed by atoms with Crippen LogP contribution in [0.3, 0.4) is 0 Å². The Balaban J connectivity index is 1.91. The van der Waals surface area contributed by atoms with Gasteiger partial charge in [-0.05, 0) is 42.8 Å². The van der Waals surface area contributed by atoms with E-state index in [-0.39, 0.29) is 11.6 Å². The van der Waals surface area contributed by atoms with Gasteiger partial charge in [-0.25, -0.2) is 4.39 Å². The molecule has 0 aliphatic carbocycles. The summed E-state index contributed by atoms with van der Waals surface area (Å²) in [5, 5.41) is 0. The van der Waals surface area contributed by atoms with Gasteiger partial charge in [-0.1, -0.05) is 30.3 Å². The van der Waals surface area contributed by atoms with E-state index in [0.29, 0.717) is 11.1 Å². The number of pyridine rings is 1. The van der Waals surface area contributed by atoms with Gasteiger partial charge in [0.05, 0.1) is 5.69 Å². The van der Waals surface area contributed by atoms with E-state index in [9.17, 15) is 9.18 Å². The molecule has 0 saturated heterocycles. The molecular weight excluding hydrogens is 277 g/mol. The third kappa shape index (κ3) is 2.79. The van der Waals surface area contributed by atoms with E-state index in [1.807, 2.05) is 25.1 Å². The molecule has 0 atom stereocenters. The van der Waals surface area contributed by atoms with Crippen molar-refractivity contribution in [3.05, 3.63) is 89.4 Å². The second-order valence-electron chi connectivity index (χ2n) is 5.09. The molecule has 2 nitrogen and oxygen atoms in total. The molecule has 0 N–H and O–H groups in total. The summed E-state index contributed by atoms with van der Waals surface area (Å²) in [6, 6.07) is 17.2. The Morgan fingerprint density at radius 2 is 1.73 bits per heavy atom. The van der Waals surface area contributed by atoms with Gasteiger partial charge >= 0.3 is 0 Å². The van der Waals surface area contributed by atoms with Crippen LogP contribution in [0.5, 0.6) is 0 Å². The Kier molecular flexibility index (Phi) is 3.79. The largest absolute Gasteiger partial charge is 0.289 e. The maximum Gasteiger partial charge on any atom is 0.194 e. The van der Waals surface area contributed by atoms with Crippen molar-refractivity contribution in [2.24, 2.45) is 0 Å². The van der Waals surface area contributed by atoms with Crippen molar-refractivity contribution in [3.63, 3.8) is 0 Å². The van der Waals surface area contributed by atoms with Gasteiger partial charge < -0.3 is 0 Å². The molecular formula is C19H14FNO. The molecule has 1 aromatic heterocycles. The van der Waals surface area contributed by atoms with Crippen molar-refractivity contribution < 1.29 is 9.18 Å². The topological polar surface area (TPSA) is 30.0 Å². The Labute approximate surface area is 128 Å². The van der Waals surface area contributed by atoms with Gasteiger partial charge in [-0.2, -0.15) is 0 Å².